The summed E-state index contributed by atoms with van der Waals surface area (Å²) in [6.45, 7) is 0.815. The molecule has 0 amide bonds. The van der Waals surface area contributed by atoms with Gasteiger partial charge in [0.25, 0.3) is 0 Å². The van der Waals surface area contributed by atoms with Gasteiger partial charge in [-0.1, -0.05) is 54.1 Å². The Morgan fingerprint density at radius 1 is 1.05 bits per heavy atom. The highest BCUT2D eigenvalue weighted by Gasteiger charge is 2.08. The summed E-state index contributed by atoms with van der Waals surface area (Å²) in [5.41, 5.74) is 2.28. The summed E-state index contributed by atoms with van der Waals surface area (Å²) in [5, 5.41) is 13.2. The van der Waals surface area contributed by atoms with E-state index in [0.29, 0.717) is 5.02 Å². The SMILES string of the molecule is N#CC(NCCCc1ccccc1)c1ccc(Cl)cc1. The molecule has 0 fully saturated rings. The predicted octanol–water partition coefficient (Wildman–Crippen LogP) is 4.13. The van der Waals surface area contributed by atoms with Gasteiger partial charge in [0.1, 0.15) is 6.04 Å². The van der Waals surface area contributed by atoms with Crippen molar-refractivity contribution in [1.82, 2.24) is 5.32 Å². The fraction of sp³-hybridized carbons (Fsp3) is 0.235. The molecule has 2 rings (SSSR count). The molecule has 20 heavy (non-hydrogen) atoms. The fourth-order valence-corrected chi connectivity index (χ4v) is 2.20. The van der Waals surface area contributed by atoms with Gasteiger partial charge in [0, 0.05) is 5.02 Å². The summed E-state index contributed by atoms with van der Waals surface area (Å²) < 4.78 is 0. The summed E-state index contributed by atoms with van der Waals surface area (Å²) in [6, 6.07) is 19.8. The Labute approximate surface area is 125 Å². The molecule has 1 unspecified atom stereocenters. The van der Waals surface area contributed by atoms with Gasteiger partial charge < -0.3 is 0 Å². The van der Waals surface area contributed by atoms with Gasteiger partial charge in [0.2, 0.25) is 0 Å². The Hall–Kier alpha value is -1.82. The molecule has 1 atom stereocenters. The molecule has 2 nitrogen and oxygen atoms in total. The van der Waals surface area contributed by atoms with E-state index in [1.807, 2.05) is 30.3 Å². The highest BCUT2D eigenvalue weighted by molar-refractivity contribution is 6.30. The first-order valence-corrected chi connectivity index (χ1v) is 7.10. The topological polar surface area (TPSA) is 35.8 Å². The lowest BCUT2D eigenvalue weighted by atomic mass is 10.1. The first kappa shape index (κ1) is 14.6. The maximum absolute atomic E-state index is 9.22. The number of aryl methyl sites for hydroxylation is 1. The second-order valence-corrected chi connectivity index (χ2v) is 5.09. The number of nitrogens with zero attached hydrogens (tertiary/aromatic N) is 1. The van der Waals surface area contributed by atoms with E-state index < -0.39 is 0 Å². The zero-order valence-corrected chi connectivity index (χ0v) is 12.0. The van der Waals surface area contributed by atoms with Gasteiger partial charge in [-0.15, -0.1) is 0 Å². The van der Waals surface area contributed by atoms with Crippen molar-refractivity contribution in [3.8, 4) is 6.07 Å². The highest BCUT2D eigenvalue weighted by Crippen LogP contribution is 2.16. The first-order chi connectivity index (χ1) is 9.79. The lowest BCUT2D eigenvalue weighted by molar-refractivity contribution is 0.603. The van der Waals surface area contributed by atoms with Crippen LogP contribution in [0.25, 0.3) is 0 Å². The van der Waals surface area contributed by atoms with Gasteiger partial charge in [0.05, 0.1) is 6.07 Å². The second-order valence-electron chi connectivity index (χ2n) is 4.66. The van der Waals surface area contributed by atoms with Crippen molar-refractivity contribution in [3.05, 3.63) is 70.7 Å². The van der Waals surface area contributed by atoms with E-state index in [9.17, 15) is 5.26 Å². The predicted molar refractivity (Wildman–Crippen MR) is 82.6 cm³/mol. The average molecular weight is 285 g/mol. The molecule has 2 aromatic carbocycles. The summed E-state index contributed by atoms with van der Waals surface area (Å²) in [5.74, 6) is 0. The van der Waals surface area contributed by atoms with Crippen LogP contribution in [0, 0.1) is 11.3 Å². The average Bonchev–Trinajstić information content (AvgIpc) is 2.50. The number of hydrogen-bond donors (Lipinski definition) is 1. The van der Waals surface area contributed by atoms with Crippen LogP contribution < -0.4 is 5.32 Å². The lowest BCUT2D eigenvalue weighted by Crippen LogP contribution is -2.21. The maximum Gasteiger partial charge on any atom is 0.121 e. The number of halogens is 1. The normalized spacial score (nSPS) is 11.8. The van der Waals surface area contributed by atoms with E-state index in [-0.39, 0.29) is 6.04 Å². The summed E-state index contributed by atoms with van der Waals surface area (Å²) in [7, 11) is 0. The maximum atomic E-state index is 9.22. The van der Waals surface area contributed by atoms with E-state index in [1.165, 1.54) is 5.56 Å². The molecular formula is C17H17ClN2. The highest BCUT2D eigenvalue weighted by atomic mass is 35.5. The van der Waals surface area contributed by atoms with Crippen LogP contribution in [-0.2, 0) is 6.42 Å². The molecule has 2 aromatic rings. The molecule has 0 radical (unpaired) electrons. The molecule has 0 aliphatic heterocycles. The number of nitrogens with one attached hydrogen (secondary N) is 1. The van der Waals surface area contributed by atoms with Crippen molar-refractivity contribution < 1.29 is 0 Å². The quantitative estimate of drug-likeness (QED) is 0.810. The minimum Gasteiger partial charge on any atom is -0.298 e. The molecule has 0 spiro atoms. The standard InChI is InChI=1S/C17H17ClN2/c18-16-10-8-15(9-11-16)17(13-19)20-12-4-7-14-5-2-1-3-6-14/h1-3,5-6,8-11,17,20H,4,7,12H2. The molecular weight excluding hydrogens is 268 g/mol. The van der Waals surface area contributed by atoms with Gasteiger partial charge in [-0.25, -0.2) is 0 Å². The first-order valence-electron chi connectivity index (χ1n) is 6.72. The van der Waals surface area contributed by atoms with Crippen LogP contribution in [0.3, 0.4) is 0 Å². The van der Waals surface area contributed by atoms with Gasteiger partial charge in [-0.3, -0.25) is 5.32 Å². The van der Waals surface area contributed by atoms with Crippen LogP contribution in [0.15, 0.2) is 54.6 Å². The van der Waals surface area contributed by atoms with Gasteiger partial charge in [-0.05, 0) is 42.6 Å². The van der Waals surface area contributed by atoms with E-state index in [4.69, 9.17) is 11.6 Å². The fourth-order valence-electron chi connectivity index (χ4n) is 2.08. The number of rotatable bonds is 6. The van der Waals surface area contributed by atoms with E-state index in [1.54, 1.807) is 0 Å². The molecule has 0 saturated carbocycles. The summed E-state index contributed by atoms with van der Waals surface area (Å²) >= 11 is 5.85. The Bertz CT molecular complexity index is 558. The van der Waals surface area contributed by atoms with Gasteiger partial charge >= 0.3 is 0 Å². The Morgan fingerprint density at radius 3 is 2.40 bits per heavy atom. The smallest absolute Gasteiger partial charge is 0.121 e. The van der Waals surface area contributed by atoms with E-state index in [2.05, 4.69) is 35.7 Å². The monoisotopic (exact) mass is 284 g/mol. The van der Waals surface area contributed by atoms with Crippen LogP contribution in [0.4, 0.5) is 0 Å². The Kier molecular flexibility index (Phi) is 5.61. The largest absolute Gasteiger partial charge is 0.298 e. The second kappa shape index (κ2) is 7.69. The van der Waals surface area contributed by atoms with Crippen LogP contribution in [0.5, 0.6) is 0 Å². The molecule has 0 saturated heterocycles. The molecule has 0 aliphatic carbocycles. The van der Waals surface area contributed by atoms with E-state index in [0.717, 1.165) is 24.9 Å². The minimum absolute atomic E-state index is 0.275. The Balaban J connectivity index is 1.80. The van der Waals surface area contributed by atoms with Crippen molar-refractivity contribution in [2.24, 2.45) is 0 Å². The molecule has 0 aliphatic rings. The lowest BCUT2D eigenvalue weighted by Gasteiger charge is -2.12. The van der Waals surface area contributed by atoms with Crippen molar-refractivity contribution in [3.63, 3.8) is 0 Å². The summed E-state index contributed by atoms with van der Waals surface area (Å²) in [6.07, 6.45) is 2.03. The number of hydrogen-bond acceptors (Lipinski definition) is 2. The van der Waals surface area contributed by atoms with Gasteiger partial charge in [0.15, 0.2) is 0 Å². The molecule has 102 valence electrons. The molecule has 0 aromatic heterocycles. The molecule has 3 heteroatoms. The van der Waals surface area contributed by atoms with Crippen LogP contribution in [0.1, 0.15) is 23.6 Å². The third kappa shape index (κ3) is 4.38. The third-order valence-corrected chi connectivity index (χ3v) is 3.42. The van der Waals surface area contributed by atoms with Crippen molar-refractivity contribution in [1.29, 1.82) is 5.26 Å². The van der Waals surface area contributed by atoms with Crippen LogP contribution in [0.2, 0.25) is 5.02 Å². The molecule has 0 heterocycles. The summed E-state index contributed by atoms with van der Waals surface area (Å²) in [4.78, 5) is 0. The minimum atomic E-state index is -0.275. The van der Waals surface area contributed by atoms with Crippen molar-refractivity contribution >= 4 is 11.6 Å². The zero-order chi connectivity index (χ0) is 14.2. The zero-order valence-electron chi connectivity index (χ0n) is 11.2. The van der Waals surface area contributed by atoms with E-state index >= 15 is 0 Å². The molecule has 0 bridgehead atoms. The van der Waals surface area contributed by atoms with Gasteiger partial charge in [-0.2, -0.15) is 5.26 Å². The Morgan fingerprint density at radius 2 is 1.75 bits per heavy atom. The van der Waals surface area contributed by atoms with Crippen LogP contribution in [-0.4, -0.2) is 6.54 Å². The van der Waals surface area contributed by atoms with Crippen molar-refractivity contribution in [2.45, 2.75) is 18.9 Å². The number of nitriles is 1. The number of benzene rings is 2. The molecule has 1 N–H and O–H groups in total. The third-order valence-electron chi connectivity index (χ3n) is 3.17. The van der Waals surface area contributed by atoms with Crippen molar-refractivity contribution in [2.75, 3.05) is 6.54 Å². The van der Waals surface area contributed by atoms with Crippen LogP contribution >= 0.6 is 11.6 Å².